The summed E-state index contributed by atoms with van der Waals surface area (Å²) < 4.78 is 6.80. The molecule has 2 aliphatic rings. The number of rotatable bonds is 4. The van der Waals surface area contributed by atoms with Crippen LogP contribution in [-0.2, 0) is 37.0 Å². The van der Waals surface area contributed by atoms with Gasteiger partial charge < -0.3 is 10.1 Å². The monoisotopic (exact) mass is 538 g/mol. The van der Waals surface area contributed by atoms with Gasteiger partial charge in [-0.1, -0.05) is 6.92 Å². The van der Waals surface area contributed by atoms with Crippen LogP contribution in [0.3, 0.4) is 0 Å². The van der Waals surface area contributed by atoms with E-state index in [1.54, 1.807) is 11.3 Å². The zero-order valence-electron chi connectivity index (χ0n) is 19.2. The molecule has 1 unspecified atom stereocenters. The maximum atomic E-state index is 13.0. The first-order valence-electron chi connectivity index (χ1n) is 11.3. The second-order valence-corrected chi connectivity index (χ2v) is 13.4. The highest BCUT2D eigenvalue weighted by molar-refractivity contribution is 9.11. The lowest BCUT2D eigenvalue weighted by Gasteiger charge is -2.22. The topological polar surface area (TPSA) is 67.4 Å². The highest BCUT2D eigenvalue weighted by atomic mass is 79.9. The maximum Gasteiger partial charge on any atom is 0.341 e. The van der Waals surface area contributed by atoms with E-state index in [0.29, 0.717) is 23.0 Å². The second kappa shape index (κ2) is 9.47. The van der Waals surface area contributed by atoms with Gasteiger partial charge in [0.15, 0.2) is 0 Å². The van der Waals surface area contributed by atoms with Crippen LogP contribution in [0.25, 0.3) is 0 Å². The first-order valence-corrected chi connectivity index (χ1v) is 13.8. The molecule has 0 saturated carbocycles. The molecule has 0 bridgehead atoms. The van der Waals surface area contributed by atoms with Crippen LogP contribution in [0, 0.1) is 5.92 Å². The number of thiophene rings is 2. The SMILES string of the molecule is CC1CCc2c(sc(NC(=O)NCc3c(Br)sc4c3CCCC4)c2C(=O)OC(C)(C)C)C1. The fourth-order valence-corrected chi connectivity index (χ4v) is 7.96. The van der Waals surface area contributed by atoms with Gasteiger partial charge in [-0.3, -0.25) is 5.32 Å². The molecule has 0 fully saturated rings. The van der Waals surface area contributed by atoms with Crippen molar-refractivity contribution in [1.29, 1.82) is 0 Å². The Morgan fingerprint density at radius 2 is 1.84 bits per heavy atom. The number of ether oxygens (including phenoxy) is 1. The van der Waals surface area contributed by atoms with Gasteiger partial charge in [-0.15, -0.1) is 22.7 Å². The van der Waals surface area contributed by atoms with Crippen molar-refractivity contribution in [2.75, 3.05) is 5.32 Å². The average molecular weight is 540 g/mol. The lowest BCUT2D eigenvalue weighted by molar-refractivity contribution is 0.00697. The maximum absolute atomic E-state index is 13.0. The molecule has 0 saturated heterocycles. The molecule has 0 aliphatic heterocycles. The van der Waals surface area contributed by atoms with Crippen molar-refractivity contribution in [3.63, 3.8) is 0 Å². The summed E-state index contributed by atoms with van der Waals surface area (Å²) in [5, 5.41) is 6.58. The van der Waals surface area contributed by atoms with E-state index >= 15 is 0 Å². The van der Waals surface area contributed by atoms with Crippen LogP contribution in [0.4, 0.5) is 9.80 Å². The summed E-state index contributed by atoms with van der Waals surface area (Å²) in [6, 6.07) is -0.288. The molecule has 2 amide bonds. The summed E-state index contributed by atoms with van der Waals surface area (Å²) in [6.45, 7) is 8.30. The summed E-state index contributed by atoms with van der Waals surface area (Å²) in [7, 11) is 0. The Kier molecular flexibility index (Phi) is 7.03. The summed E-state index contributed by atoms with van der Waals surface area (Å²) >= 11 is 6.99. The number of hydrogen-bond acceptors (Lipinski definition) is 5. The van der Waals surface area contributed by atoms with E-state index in [-0.39, 0.29) is 12.0 Å². The number of fused-ring (bicyclic) bond motifs is 2. The Hall–Kier alpha value is -1.38. The summed E-state index contributed by atoms with van der Waals surface area (Å²) in [4.78, 5) is 28.5. The van der Waals surface area contributed by atoms with Gasteiger partial charge in [-0.25, -0.2) is 9.59 Å². The predicted octanol–water partition coefficient (Wildman–Crippen LogP) is 6.85. The standard InChI is InChI=1S/C24H31BrN2O3S2/c1-13-9-10-15-18(11-13)32-21(19(15)22(28)30-24(2,3)4)27-23(29)26-12-16-14-7-5-6-8-17(14)31-20(16)25/h13H,5-12H2,1-4H3,(H2,26,27,29). The molecular formula is C24H31BrN2O3S2. The molecular weight excluding hydrogens is 508 g/mol. The Balaban J connectivity index is 1.51. The van der Waals surface area contributed by atoms with Crippen LogP contribution < -0.4 is 10.6 Å². The molecule has 2 heterocycles. The van der Waals surface area contributed by atoms with E-state index < -0.39 is 5.60 Å². The number of halogens is 1. The van der Waals surface area contributed by atoms with E-state index in [0.717, 1.165) is 41.5 Å². The van der Waals surface area contributed by atoms with Crippen molar-refractivity contribution in [2.24, 2.45) is 5.92 Å². The molecule has 174 valence electrons. The van der Waals surface area contributed by atoms with E-state index in [1.165, 1.54) is 45.1 Å². The number of anilines is 1. The van der Waals surface area contributed by atoms with Crippen molar-refractivity contribution in [3.05, 3.63) is 35.8 Å². The summed E-state index contributed by atoms with van der Waals surface area (Å²) in [6.07, 6.45) is 7.47. The number of hydrogen-bond donors (Lipinski definition) is 2. The minimum atomic E-state index is -0.586. The Morgan fingerprint density at radius 1 is 1.09 bits per heavy atom. The van der Waals surface area contributed by atoms with Crippen LogP contribution in [0.5, 0.6) is 0 Å². The van der Waals surface area contributed by atoms with Crippen molar-refractivity contribution in [1.82, 2.24) is 5.32 Å². The van der Waals surface area contributed by atoms with Gasteiger partial charge >= 0.3 is 12.0 Å². The van der Waals surface area contributed by atoms with Gasteiger partial charge in [-0.2, -0.15) is 0 Å². The fraction of sp³-hybridized carbons (Fsp3) is 0.583. The summed E-state index contributed by atoms with van der Waals surface area (Å²) in [5.74, 6) is 0.228. The zero-order valence-corrected chi connectivity index (χ0v) is 22.4. The number of aryl methyl sites for hydroxylation is 1. The highest BCUT2D eigenvalue weighted by Crippen LogP contribution is 2.41. The molecule has 0 radical (unpaired) electrons. The van der Waals surface area contributed by atoms with E-state index in [2.05, 4.69) is 33.5 Å². The van der Waals surface area contributed by atoms with Crippen LogP contribution in [0.1, 0.15) is 83.8 Å². The van der Waals surface area contributed by atoms with Crippen LogP contribution in [0.15, 0.2) is 3.79 Å². The molecule has 0 aromatic carbocycles. The molecule has 32 heavy (non-hydrogen) atoms. The lowest BCUT2D eigenvalue weighted by Crippen LogP contribution is -2.30. The number of nitrogens with one attached hydrogen (secondary N) is 2. The highest BCUT2D eigenvalue weighted by Gasteiger charge is 2.31. The van der Waals surface area contributed by atoms with Gasteiger partial charge in [0.1, 0.15) is 10.6 Å². The van der Waals surface area contributed by atoms with Crippen LogP contribution in [-0.4, -0.2) is 17.6 Å². The number of carbonyl (C=O) groups is 2. The zero-order chi connectivity index (χ0) is 23.0. The van der Waals surface area contributed by atoms with E-state index in [9.17, 15) is 9.59 Å². The first kappa shape index (κ1) is 23.8. The third-order valence-electron chi connectivity index (χ3n) is 6.00. The van der Waals surface area contributed by atoms with Crippen molar-refractivity contribution >= 4 is 55.6 Å². The number of amides is 2. The van der Waals surface area contributed by atoms with Gasteiger partial charge in [0.25, 0.3) is 0 Å². The molecule has 4 rings (SSSR count). The average Bonchev–Trinajstić information content (AvgIpc) is 3.20. The third kappa shape index (κ3) is 5.23. The molecule has 2 aromatic heterocycles. The van der Waals surface area contributed by atoms with Gasteiger partial charge in [0.2, 0.25) is 0 Å². The van der Waals surface area contributed by atoms with E-state index in [4.69, 9.17) is 4.74 Å². The number of urea groups is 1. The smallest absolute Gasteiger partial charge is 0.341 e. The molecule has 2 N–H and O–H groups in total. The Morgan fingerprint density at radius 3 is 2.59 bits per heavy atom. The minimum Gasteiger partial charge on any atom is -0.456 e. The second-order valence-electron chi connectivity index (χ2n) is 9.83. The van der Waals surface area contributed by atoms with E-state index in [1.807, 2.05) is 20.8 Å². The number of esters is 1. The summed E-state index contributed by atoms with van der Waals surface area (Å²) in [5.41, 5.74) is 3.58. The largest absolute Gasteiger partial charge is 0.456 e. The molecule has 5 nitrogen and oxygen atoms in total. The van der Waals surface area contributed by atoms with Crippen LogP contribution in [0.2, 0.25) is 0 Å². The minimum absolute atomic E-state index is 0.288. The number of carbonyl (C=O) groups excluding carboxylic acids is 2. The van der Waals surface area contributed by atoms with Crippen molar-refractivity contribution in [2.45, 2.75) is 84.8 Å². The quantitative estimate of drug-likeness (QED) is 0.418. The lowest BCUT2D eigenvalue weighted by atomic mass is 9.88. The third-order valence-corrected chi connectivity index (χ3v) is 9.26. The fourth-order valence-electron chi connectivity index (χ4n) is 4.47. The van der Waals surface area contributed by atoms with Gasteiger partial charge in [0, 0.05) is 16.3 Å². The predicted molar refractivity (Wildman–Crippen MR) is 135 cm³/mol. The molecule has 8 heteroatoms. The van der Waals surface area contributed by atoms with Crippen molar-refractivity contribution < 1.29 is 14.3 Å². The first-order chi connectivity index (χ1) is 15.1. The van der Waals surface area contributed by atoms with Crippen LogP contribution >= 0.6 is 38.6 Å². The molecule has 1 atom stereocenters. The molecule has 2 aliphatic carbocycles. The normalized spacial score (nSPS) is 18.0. The molecule has 2 aromatic rings. The molecule has 0 spiro atoms. The Bertz CT molecular complexity index is 1040. The van der Waals surface area contributed by atoms with Gasteiger partial charge in [-0.05, 0) is 104 Å². The van der Waals surface area contributed by atoms with Gasteiger partial charge in [0.05, 0.1) is 9.35 Å². The van der Waals surface area contributed by atoms with Crippen molar-refractivity contribution in [3.8, 4) is 0 Å². The Labute approximate surface area is 206 Å².